The van der Waals surface area contributed by atoms with Gasteiger partial charge in [0.2, 0.25) is 0 Å². The number of methoxy groups -OCH3 is 1. The normalized spacial score (nSPS) is 11.2. The Balaban J connectivity index is 2.43. The van der Waals surface area contributed by atoms with E-state index in [1.54, 1.807) is 43.5 Å². The minimum atomic E-state index is -3.70. The highest BCUT2D eigenvalue weighted by atomic mass is 32.2. The third-order valence-electron chi connectivity index (χ3n) is 2.76. The summed E-state index contributed by atoms with van der Waals surface area (Å²) in [5.41, 5.74) is 2.06. The van der Waals surface area contributed by atoms with Gasteiger partial charge in [-0.3, -0.25) is 9.71 Å². The van der Waals surface area contributed by atoms with Gasteiger partial charge in [0.25, 0.3) is 10.0 Å². The third kappa shape index (κ3) is 3.08. The van der Waals surface area contributed by atoms with Crippen LogP contribution in [-0.2, 0) is 10.0 Å². The van der Waals surface area contributed by atoms with E-state index in [1.165, 1.54) is 7.11 Å². The number of benzene rings is 1. The van der Waals surface area contributed by atoms with Gasteiger partial charge in [-0.15, -0.1) is 0 Å². The molecule has 0 amide bonds. The molecule has 1 heterocycles. The number of aromatic nitrogens is 1. The maximum Gasteiger partial charge on any atom is 0.265 e. The summed E-state index contributed by atoms with van der Waals surface area (Å²) in [6.45, 7) is 3.63. The molecule has 2 aromatic rings. The van der Waals surface area contributed by atoms with Gasteiger partial charge < -0.3 is 4.74 Å². The maximum absolute atomic E-state index is 12.4. The highest BCUT2D eigenvalue weighted by Crippen LogP contribution is 2.26. The Morgan fingerprint density at radius 3 is 2.55 bits per heavy atom. The molecule has 0 unspecified atom stereocenters. The summed E-state index contributed by atoms with van der Waals surface area (Å²) in [7, 11) is -2.25. The molecule has 20 heavy (non-hydrogen) atoms. The lowest BCUT2D eigenvalue weighted by molar-refractivity contribution is 0.402. The third-order valence-corrected chi connectivity index (χ3v) is 4.16. The van der Waals surface area contributed by atoms with Crippen molar-refractivity contribution in [1.29, 1.82) is 0 Å². The number of sulfonamides is 1. The zero-order valence-corrected chi connectivity index (χ0v) is 12.4. The number of anilines is 1. The first-order chi connectivity index (χ1) is 9.42. The Morgan fingerprint density at radius 1 is 1.15 bits per heavy atom. The van der Waals surface area contributed by atoms with E-state index in [4.69, 9.17) is 4.74 Å². The minimum absolute atomic E-state index is 0.120. The van der Waals surface area contributed by atoms with Gasteiger partial charge >= 0.3 is 0 Å². The number of nitrogens with one attached hydrogen (secondary N) is 1. The number of aryl methyl sites for hydroxylation is 2. The van der Waals surface area contributed by atoms with Crippen molar-refractivity contribution >= 4 is 15.7 Å². The second-order valence-electron chi connectivity index (χ2n) is 4.45. The average Bonchev–Trinajstić information content (AvgIpc) is 2.38. The molecule has 0 radical (unpaired) electrons. The molecule has 2 rings (SSSR count). The average molecular weight is 292 g/mol. The van der Waals surface area contributed by atoms with Crippen LogP contribution in [0.15, 0.2) is 41.4 Å². The Morgan fingerprint density at radius 2 is 1.90 bits per heavy atom. The number of nitrogens with zero attached hydrogens (tertiary/aromatic N) is 1. The first-order valence-corrected chi connectivity index (χ1v) is 7.51. The van der Waals surface area contributed by atoms with Crippen molar-refractivity contribution in [3.63, 3.8) is 0 Å². The number of hydrogen-bond donors (Lipinski definition) is 1. The fourth-order valence-corrected chi connectivity index (χ4v) is 3.12. The standard InChI is InChI=1S/C14H16N2O3S/c1-10-4-5-13(19-3)14(8-10)20(17,18)16-12-6-7-15-11(2)9-12/h4-9H,1-3H3,(H,15,16). The molecule has 0 bridgehead atoms. The summed E-state index contributed by atoms with van der Waals surface area (Å²) in [4.78, 5) is 4.15. The highest BCUT2D eigenvalue weighted by molar-refractivity contribution is 7.92. The van der Waals surface area contributed by atoms with Crippen LogP contribution in [0.5, 0.6) is 5.75 Å². The van der Waals surface area contributed by atoms with Crippen molar-refractivity contribution in [1.82, 2.24) is 4.98 Å². The van der Waals surface area contributed by atoms with Crippen molar-refractivity contribution in [2.75, 3.05) is 11.8 Å². The van der Waals surface area contributed by atoms with Crippen LogP contribution in [0.4, 0.5) is 5.69 Å². The Labute approximate surface area is 118 Å². The summed E-state index contributed by atoms with van der Waals surface area (Å²) in [5.74, 6) is 0.314. The molecule has 106 valence electrons. The van der Waals surface area contributed by atoms with Crippen LogP contribution in [-0.4, -0.2) is 20.5 Å². The van der Waals surface area contributed by atoms with Crippen molar-refractivity contribution in [3.05, 3.63) is 47.8 Å². The summed E-state index contributed by atoms with van der Waals surface area (Å²) in [6.07, 6.45) is 1.56. The molecule has 0 atom stereocenters. The number of rotatable bonds is 4. The van der Waals surface area contributed by atoms with Crippen LogP contribution >= 0.6 is 0 Å². The van der Waals surface area contributed by atoms with Crippen LogP contribution in [0.25, 0.3) is 0 Å². The second-order valence-corrected chi connectivity index (χ2v) is 6.10. The highest BCUT2D eigenvalue weighted by Gasteiger charge is 2.19. The van der Waals surface area contributed by atoms with E-state index in [-0.39, 0.29) is 4.90 Å². The van der Waals surface area contributed by atoms with Crippen LogP contribution in [0, 0.1) is 13.8 Å². The zero-order chi connectivity index (χ0) is 14.8. The second kappa shape index (κ2) is 5.50. The van der Waals surface area contributed by atoms with Crippen LogP contribution in [0.2, 0.25) is 0 Å². The summed E-state index contributed by atoms with van der Waals surface area (Å²) >= 11 is 0. The molecule has 1 aromatic heterocycles. The molecule has 5 nitrogen and oxygen atoms in total. The Hall–Kier alpha value is -2.08. The molecular weight excluding hydrogens is 276 g/mol. The zero-order valence-electron chi connectivity index (χ0n) is 11.5. The van der Waals surface area contributed by atoms with Gasteiger partial charge in [0.15, 0.2) is 0 Å². The van der Waals surface area contributed by atoms with Crippen LogP contribution < -0.4 is 9.46 Å². The van der Waals surface area contributed by atoms with Crippen molar-refractivity contribution in [3.8, 4) is 5.75 Å². The van der Waals surface area contributed by atoms with Crippen molar-refractivity contribution < 1.29 is 13.2 Å². The van der Waals surface area contributed by atoms with E-state index in [2.05, 4.69) is 9.71 Å². The topological polar surface area (TPSA) is 68.3 Å². The van der Waals surface area contributed by atoms with Crippen molar-refractivity contribution in [2.24, 2.45) is 0 Å². The summed E-state index contributed by atoms with van der Waals surface area (Å²) in [6, 6.07) is 8.29. The summed E-state index contributed by atoms with van der Waals surface area (Å²) < 4.78 is 32.5. The fraction of sp³-hybridized carbons (Fsp3) is 0.214. The monoisotopic (exact) mass is 292 g/mol. The molecular formula is C14H16N2O3S. The molecule has 1 aromatic carbocycles. The van der Waals surface area contributed by atoms with Gasteiger partial charge in [0.1, 0.15) is 10.6 Å². The molecule has 6 heteroatoms. The Bertz CT molecular complexity index is 727. The van der Waals surface area contributed by atoms with E-state index < -0.39 is 10.0 Å². The molecule has 0 aliphatic carbocycles. The van der Waals surface area contributed by atoms with E-state index in [0.29, 0.717) is 11.4 Å². The predicted octanol–water partition coefficient (Wildman–Crippen LogP) is 2.51. The Kier molecular flexibility index (Phi) is 3.94. The molecule has 1 N–H and O–H groups in total. The van der Waals surface area contributed by atoms with Gasteiger partial charge in [-0.1, -0.05) is 6.07 Å². The minimum Gasteiger partial charge on any atom is -0.495 e. The molecule has 0 fully saturated rings. The number of ether oxygens (including phenoxy) is 1. The van der Waals surface area contributed by atoms with Gasteiger partial charge in [-0.2, -0.15) is 0 Å². The predicted molar refractivity (Wildman–Crippen MR) is 77.5 cm³/mol. The van der Waals surface area contributed by atoms with Gasteiger partial charge in [-0.05, 0) is 43.7 Å². The SMILES string of the molecule is COc1ccc(C)cc1S(=O)(=O)Nc1ccnc(C)c1. The fourth-order valence-electron chi connectivity index (χ4n) is 1.81. The first-order valence-electron chi connectivity index (χ1n) is 6.02. The molecule has 0 spiro atoms. The van der Waals surface area contributed by atoms with Crippen LogP contribution in [0.1, 0.15) is 11.3 Å². The summed E-state index contributed by atoms with van der Waals surface area (Å²) in [5, 5.41) is 0. The van der Waals surface area contributed by atoms with Crippen molar-refractivity contribution in [2.45, 2.75) is 18.7 Å². The van der Waals surface area contributed by atoms with E-state index in [0.717, 1.165) is 11.3 Å². The molecule has 0 saturated heterocycles. The largest absolute Gasteiger partial charge is 0.495 e. The van der Waals surface area contributed by atoms with E-state index in [9.17, 15) is 8.42 Å². The molecule has 0 aliphatic rings. The number of pyridine rings is 1. The van der Waals surface area contributed by atoms with Gasteiger partial charge in [0, 0.05) is 11.9 Å². The molecule has 0 aliphatic heterocycles. The lowest BCUT2D eigenvalue weighted by Gasteiger charge is -2.12. The smallest absolute Gasteiger partial charge is 0.265 e. The van der Waals surface area contributed by atoms with Crippen LogP contribution in [0.3, 0.4) is 0 Å². The van der Waals surface area contributed by atoms with E-state index >= 15 is 0 Å². The van der Waals surface area contributed by atoms with Gasteiger partial charge in [-0.25, -0.2) is 8.42 Å². The van der Waals surface area contributed by atoms with E-state index in [1.807, 2.05) is 6.92 Å². The number of hydrogen-bond acceptors (Lipinski definition) is 4. The maximum atomic E-state index is 12.4. The first kappa shape index (κ1) is 14.3. The van der Waals surface area contributed by atoms with Gasteiger partial charge in [0.05, 0.1) is 12.8 Å². The lowest BCUT2D eigenvalue weighted by atomic mass is 10.2. The molecule has 0 saturated carbocycles. The quantitative estimate of drug-likeness (QED) is 0.940. The lowest BCUT2D eigenvalue weighted by Crippen LogP contribution is -2.14.